The Labute approximate surface area is 166 Å². The van der Waals surface area contributed by atoms with E-state index in [2.05, 4.69) is 85.6 Å². The number of nitrogens with zero attached hydrogens (tertiary/aromatic N) is 2. The number of unbranched alkanes of at least 4 members (excludes halogenated alkanes) is 1. The number of rotatable bonds is 8. The van der Waals surface area contributed by atoms with E-state index >= 15 is 0 Å². The first-order valence-corrected chi connectivity index (χ1v) is 10.3. The zero-order chi connectivity index (χ0) is 20.3. The van der Waals surface area contributed by atoms with Crippen LogP contribution in [-0.2, 0) is 6.42 Å². The second kappa shape index (κ2) is 8.30. The lowest BCUT2D eigenvalue weighted by atomic mass is 9.82. The Morgan fingerprint density at radius 1 is 0.852 bits per heavy atom. The molecule has 1 N–H and O–H groups in total. The molecule has 0 bridgehead atoms. The first-order valence-electron chi connectivity index (χ1n) is 10.3. The van der Waals surface area contributed by atoms with Crippen molar-refractivity contribution < 1.29 is 9.59 Å². The molecule has 0 spiro atoms. The Morgan fingerprint density at radius 2 is 1.44 bits per heavy atom. The van der Waals surface area contributed by atoms with E-state index in [4.69, 9.17) is 0 Å². The first-order chi connectivity index (χ1) is 12.5. The molecule has 1 atom stereocenters. The molecule has 3 nitrogen and oxygen atoms in total. The summed E-state index contributed by atoms with van der Waals surface area (Å²) >= 11 is 0. The summed E-state index contributed by atoms with van der Waals surface area (Å²) in [6.07, 6.45) is 10.5. The van der Waals surface area contributed by atoms with Crippen LogP contribution >= 0.6 is 0 Å². The Kier molecular flexibility index (Phi) is 6.72. The van der Waals surface area contributed by atoms with Gasteiger partial charge >= 0.3 is 0 Å². The summed E-state index contributed by atoms with van der Waals surface area (Å²) in [4.78, 5) is 0. The minimum Gasteiger partial charge on any atom is -0.379 e. The third-order valence-corrected chi connectivity index (χ3v) is 5.71. The minimum atomic E-state index is -0.691. The minimum absolute atomic E-state index is 0.691. The maximum atomic E-state index is 11.1. The summed E-state index contributed by atoms with van der Waals surface area (Å²) in [6, 6.07) is 9.03. The molecule has 1 aliphatic rings. The van der Waals surface area contributed by atoms with E-state index in [0.29, 0.717) is 4.48 Å². The number of benzene rings is 1. The molecule has 0 aliphatic heterocycles. The van der Waals surface area contributed by atoms with Gasteiger partial charge < -0.3 is 5.11 Å². The molecule has 1 unspecified atom stereocenters. The van der Waals surface area contributed by atoms with Gasteiger partial charge in [0, 0.05) is 6.42 Å². The van der Waals surface area contributed by atoms with Crippen LogP contribution in [0.4, 0.5) is 5.69 Å². The summed E-state index contributed by atoms with van der Waals surface area (Å²) in [6.45, 7) is 2.09. The molecule has 1 aromatic carbocycles. The summed E-state index contributed by atoms with van der Waals surface area (Å²) in [5.74, 6) is 0. The van der Waals surface area contributed by atoms with Crippen LogP contribution in [0.15, 0.2) is 47.7 Å². The number of aryl methyl sites for hydroxylation is 1. The van der Waals surface area contributed by atoms with E-state index in [0.717, 1.165) is 35.9 Å². The molecule has 0 saturated heterocycles. The van der Waals surface area contributed by atoms with Crippen molar-refractivity contribution in [3.05, 3.63) is 53.3 Å². The van der Waals surface area contributed by atoms with Gasteiger partial charge in [-0.3, -0.25) is 8.97 Å². The highest BCUT2D eigenvalue weighted by molar-refractivity contribution is 5.42. The number of likely N-dealkylation sites (N-methyl/N-ethyl adjacent to an activating group) is 1. The van der Waals surface area contributed by atoms with E-state index in [9.17, 15) is 5.11 Å². The maximum Gasteiger partial charge on any atom is 0.142 e. The summed E-state index contributed by atoms with van der Waals surface area (Å²) in [5, 5.41) is 11.1. The average Bonchev–Trinajstić information content (AvgIpc) is 2.57. The number of hydrogen-bond donors (Lipinski definition) is 1. The monoisotopic (exact) mass is 372 g/mol. The Morgan fingerprint density at radius 3 is 1.96 bits per heavy atom. The second-order valence-corrected chi connectivity index (χ2v) is 9.84. The van der Waals surface area contributed by atoms with Crippen molar-refractivity contribution in [3.63, 3.8) is 0 Å². The van der Waals surface area contributed by atoms with Crippen molar-refractivity contribution in [2.75, 3.05) is 42.3 Å². The summed E-state index contributed by atoms with van der Waals surface area (Å²) in [7, 11) is 13.0. The van der Waals surface area contributed by atoms with Gasteiger partial charge in [0.2, 0.25) is 0 Å². The van der Waals surface area contributed by atoms with Crippen LogP contribution in [0.1, 0.15) is 44.6 Å². The zero-order valence-electron chi connectivity index (χ0n) is 18.5. The van der Waals surface area contributed by atoms with Crippen LogP contribution in [0.5, 0.6) is 0 Å². The SMILES string of the molecule is CCC1(O)CC(CCCCc2ccc([N+](C)(C)C)cc2)=CC=C1[N+](C)(C)C. The van der Waals surface area contributed by atoms with E-state index in [1.165, 1.54) is 29.7 Å². The van der Waals surface area contributed by atoms with Crippen molar-refractivity contribution in [2.24, 2.45) is 0 Å². The quantitative estimate of drug-likeness (QED) is 0.520. The number of aliphatic hydroxyl groups is 1. The zero-order valence-corrected chi connectivity index (χ0v) is 18.5. The van der Waals surface area contributed by atoms with E-state index in [1.807, 2.05) is 0 Å². The van der Waals surface area contributed by atoms with E-state index in [1.54, 1.807) is 0 Å². The molecular weight excluding hydrogens is 332 g/mol. The molecule has 150 valence electrons. The lowest BCUT2D eigenvalue weighted by molar-refractivity contribution is -0.838. The molecule has 0 radical (unpaired) electrons. The fourth-order valence-electron chi connectivity index (χ4n) is 3.99. The number of quaternary nitrogens is 2. The molecule has 3 heteroatoms. The first kappa shape index (κ1) is 21.9. The van der Waals surface area contributed by atoms with Gasteiger partial charge in [-0.1, -0.05) is 30.7 Å². The molecule has 27 heavy (non-hydrogen) atoms. The smallest absolute Gasteiger partial charge is 0.142 e. The van der Waals surface area contributed by atoms with E-state index < -0.39 is 5.60 Å². The molecule has 0 heterocycles. The van der Waals surface area contributed by atoms with Gasteiger partial charge in [-0.05, 0) is 55.9 Å². The largest absolute Gasteiger partial charge is 0.379 e. The van der Waals surface area contributed by atoms with Crippen LogP contribution in [0.3, 0.4) is 0 Å². The summed E-state index contributed by atoms with van der Waals surface area (Å²) < 4.78 is 1.55. The summed E-state index contributed by atoms with van der Waals surface area (Å²) in [5.41, 5.74) is 4.57. The second-order valence-electron chi connectivity index (χ2n) is 9.84. The Hall–Kier alpha value is -1.42. The van der Waals surface area contributed by atoms with Crippen molar-refractivity contribution in [1.82, 2.24) is 4.48 Å². The molecule has 1 aliphatic carbocycles. The van der Waals surface area contributed by atoms with Crippen molar-refractivity contribution in [2.45, 2.75) is 51.0 Å². The number of allylic oxidation sites excluding steroid dienone is 2. The molecular formula is C24H40N2O+2. The van der Waals surface area contributed by atoms with Gasteiger partial charge in [0.25, 0.3) is 0 Å². The Bertz CT molecular complexity index is 687. The van der Waals surface area contributed by atoms with Gasteiger partial charge in [-0.15, -0.1) is 0 Å². The maximum absolute atomic E-state index is 11.1. The molecule has 0 aromatic heterocycles. The van der Waals surface area contributed by atoms with Gasteiger partial charge in [0.05, 0.1) is 42.3 Å². The van der Waals surface area contributed by atoms with Gasteiger partial charge in [0.15, 0.2) is 0 Å². The highest BCUT2D eigenvalue weighted by atomic mass is 16.3. The van der Waals surface area contributed by atoms with Crippen LogP contribution in [0, 0.1) is 0 Å². The highest BCUT2D eigenvalue weighted by Crippen LogP contribution is 2.37. The van der Waals surface area contributed by atoms with Gasteiger partial charge in [0.1, 0.15) is 17.0 Å². The average molecular weight is 373 g/mol. The van der Waals surface area contributed by atoms with Crippen LogP contribution in [-0.4, -0.2) is 57.5 Å². The van der Waals surface area contributed by atoms with Crippen LogP contribution in [0.25, 0.3) is 0 Å². The van der Waals surface area contributed by atoms with Crippen molar-refractivity contribution >= 4 is 5.69 Å². The van der Waals surface area contributed by atoms with Crippen molar-refractivity contribution in [3.8, 4) is 0 Å². The fraction of sp³-hybridized carbons (Fsp3) is 0.583. The predicted molar refractivity (Wildman–Crippen MR) is 118 cm³/mol. The standard InChI is InChI=1S/C24H40N2O/c1-8-24(27)19-21(15-18-23(24)26(5,6)7)12-10-9-11-20-13-16-22(17-14-20)25(2,3)4/h13-18,27H,8-12,19H2,1-7H3/q+2. The van der Waals surface area contributed by atoms with Crippen LogP contribution < -0.4 is 4.48 Å². The Balaban J connectivity index is 1.89. The lowest BCUT2D eigenvalue weighted by Gasteiger charge is -2.39. The molecule has 0 saturated carbocycles. The number of hydrogen-bond acceptors (Lipinski definition) is 1. The molecule has 1 aromatic rings. The molecule has 0 fully saturated rings. The third-order valence-electron chi connectivity index (χ3n) is 5.71. The third kappa shape index (κ3) is 5.78. The topological polar surface area (TPSA) is 20.2 Å². The van der Waals surface area contributed by atoms with Gasteiger partial charge in [-0.2, -0.15) is 0 Å². The predicted octanol–water partition coefficient (Wildman–Crippen LogP) is 4.66. The van der Waals surface area contributed by atoms with Crippen molar-refractivity contribution in [1.29, 1.82) is 0 Å². The fourth-order valence-corrected chi connectivity index (χ4v) is 3.99. The van der Waals surface area contributed by atoms with E-state index in [-0.39, 0.29) is 0 Å². The van der Waals surface area contributed by atoms with Gasteiger partial charge in [-0.25, -0.2) is 0 Å². The highest BCUT2D eigenvalue weighted by Gasteiger charge is 2.40. The normalized spacial score (nSPS) is 21.0. The molecule has 2 rings (SSSR count). The van der Waals surface area contributed by atoms with Crippen LogP contribution in [0.2, 0.25) is 0 Å². The molecule has 0 amide bonds. The lowest BCUT2D eigenvalue weighted by Crippen LogP contribution is -2.47.